The van der Waals surface area contributed by atoms with E-state index in [0.717, 1.165) is 57.8 Å². The standard InChI is InChI=1S/C24H44O4/c1-6-14-23(2,3)16-19(25)12-10-18-11-13-21(26)20(18)9-7-8-15-24(4,5)17-22(27)28/h10,12,18-21,25-26H,6-9,11,13-17H2,1-5H3,(H,27,28)/t18-,19?,20+,21-/m0/s1. The number of hydrogen-bond donors (Lipinski definition) is 3. The Hall–Kier alpha value is -0.870. The van der Waals surface area contributed by atoms with Crippen LogP contribution < -0.4 is 0 Å². The van der Waals surface area contributed by atoms with E-state index in [1.165, 1.54) is 0 Å². The average Bonchev–Trinajstić information content (AvgIpc) is 2.88. The van der Waals surface area contributed by atoms with E-state index in [0.29, 0.717) is 5.92 Å². The molecular weight excluding hydrogens is 352 g/mol. The molecule has 28 heavy (non-hydrogen) atoms. The van der Waals surface area contributed by atoms with Crippen LogP contribution in [0.3, 0.4) is 0 Å². The number of rotatable bonds is 13. The minimum Gasteiger partial charge on any atom is -0.481 e. The summed E-state index contributed by atoms with van der Waals surface area (Å²) in [4.78, 5) is 10.9. The van der Waals surface area contributed by atoms with Crippen LogP contribution in [0.5, 0.6) is 0 Å². The topological polar surface area (TPSA) is 77.8 Å². The van der Waals surface area contributed by atoms with Crippen molar-refractivity contribution in [3.8, 4) is 0 Å². The zero-order valence-corrected chi connectivity index (χ0v) is 18.8. The first-order valence-electron chi connectivity index (χ1n) is 11.2. The Bertz CT molecular complexity index is 495. The highest BCUT2D eigenvalue weighted by Gasteiger charge is 2.33. The third kappa shape index (κ3) is 9.56. The molecular formula is C24H44O4. The summed E-state index contributed by atoms with van der Waals surface area (Å²) in [5.74, 6) is -0.136. The molecule has 3 N–H and O–H groups in total. The van der Waals surface area contributed by atoms with Crippen molar-refractivity contribution in [2.24, 2.45) is 22.7 Å². The average molecular weight is 397 g/mol. The Morgan fingerprint density at radius 3 is 2.39 bits per heavy atom. The summed E-state index contributed by atoms with van der Waals surface area (Å²) in [7, 11) is 0. The number of carboxylic acids is 1. The van der Waals surface area contributed by atoms with Gasteiger partial charge in [0.15, 0.2) is 0 Å². The molecule has 0 bridgehead atoms. The number of hydrogen-bond acceptors (Lipinski definition) is 3. The lowest BCUT2D eigenvalue weighted by Crippen LogP contribution is -2.21. The SMILES string of the molecule is CCCC(C)(C)CC(O)C=C[C@H]1CC[C@H](O)[C@@H]1CCCCC(C)(C)CC(=O)O. The zero-order valence-electron chi connectivity index (χ0n) is 18.8. The number of unbranched alkanes of at least 4 members (excludes halogenated alkanes) is 1. The Balaban J connectivity index is 2.47. The van der Waals surface area contributed by atoms with Crippen molar-refractivity contribution in [1.29, 1.82) is 0 Å². The number of carboxylic acid groups (broad SMARTS) is 1. The molecule has 1 rings (SSSR count). The second-order valence-corrected chi connectivity index (χ2v) is 10.5. The third-order valence-electron chi connectivity index (χ3n) is 6.38. The van der Waals surface area contributed by atoms with Gasteiger partial charge in [0.05, 0.1) is 18.6 Å². The summed E-state index contributed by atoms with van der Waals surface area (Å²) >= 11 is 0. The minimum absolute atomic E-state index is 0.149. The molecule has 1 saturated carbocycles. The normalized spacial score (nSPS) is 24.8. The van der Waals surface area contributed by atoms with Crippen molar-refractivity contribution in [1.82, 2.24) is 0 Å². The van der Waals surface area contributed by atoms with Crippen LogP contribution in [0.4, 0.5) is 0 Å². The Morgan fingerprint density at radius 2 is 1.79 bits per heavy atom. The molecule has 0 amide bonds. The largest absolute Gasteiger partial charge is 0.481 e. The lowest BCUT2D eigenvalue weighted by Gasteiger charge is -2.26. The number of carbonyl (C=O) groups is 1. The van der Waals surface area contributed by atoms with E-state index in [4.69, 9.17) is 5.11 Å². The van der Waals surface area contributed by atoms with Gasteiger partial charge in [-0.2, -0.15) is 0 Å². The minimum atomic E-state index is -0.734. The molecule has 1 unspecified atom stereocenters. The van der Waals surface area contributed by atoms with Crippen LogP contribution in [-0.4, -0.2) is 33.5 Å². The molecule has 0 aliphatic heterocycles. The predicted molar refractivity (Wildman–Crippen MR) is 115 cm³/mol. The Morgan fingerprint density at radius 1 is 1.11 bits per heavy atom. The zero-order chi connectivity index (χ0) is 21.4. The number of aliphatic hydroxyl groups is 2. The lowest BCUT2D eigenvalue weighted by atomic mass is 9.81. The molecule has 0 radical (unpaired) electrons. The fraction of sp³-hybridized carbons (Fsp3) is 0.875. The van der Waals surface area contributed by atoms with Gasteiger partial charge in [-0.3, -0.25) is 4.79 Å². The molecule has 0 aromatic carbocycles. The highest BCUT2D eigenvalue weighted by molar-refractivity contribution is 5.67. The first-order valence-corrected chi connectivity index (χ1v) is 11.2. The maximum Gasteiger partial charge on any atom is 0.303 e. The van der Waals surface area contributed by atoms with Crippen molar-refractivity contribution in [3.63, 3.8) is 0 Å². The molecule has 0 saturated heterocycles. The second kappa shape index (κ2) is 11.3. The molecule has 0 aromatic heterocycles. The number of aliphatic hydroxyl groups excluding tert-OH is 2. The van der Waals surface area contributed by atoms with E-state index in [2.05, 4.69) is 26.8 Å². The summed E-state index contributed by atoms with van der Waals surface area (Å²) in [6.45, 7) is 10.6. The van der Waals surface area contributed by atoms with Crippen LogP contribution in [0.25, 0.3) is 0 Å². The van der Waals surface area contributed by atoms with Gasteiger partial charge in [0.1, 0.15) is 0 Å². The molecule has 1 aliphatic rings. The monoisotopic (exact) mass is 396 g/mol. The molecule has 4 nitrogen and oxygen atoms in total. The molecule has 1 aliphatic carbocycles. The molecule has 0 aromatic rings. The fourth-order valence-corrected chi connectivity index (χ4v) is 4.89. The smallest absolute Gasteiger partial charge is 0.303 e. The fourth-order valence-electron chi connectivity index (χ4n) is 4.89. The van der Waals surface area contributed by atoms with Crippen molar-refractivity contribution in [2.75, 3.05) is 0 Å². The summed E-state index contributed by atoms with van der Waals surface area (Å²) in [5, 5.41) is 29.8. The number of allylic oxidation sites excluding steroid dienone is 1. The second-order valence-electron chi connectivity index (χ2n) is 10.5. The molecule has 4 heteroatoms. The summed E-state index contributed by atoms with van der Waals surface area (Å²) in [5.41, 5.74) is -0.0231. The van der Waals surface area contributed by atoms with Crippen LogP contribution in [0.2, 0.25) is 0 Å². The van der Waals surface area contributed by atoms with E-state index >= 15 is 0 Å². The van der Waals surface area contributed by atoms with Gasteiger partial charge in [-0.05, 0) is 61.2 Å². The molecule has 0 heterocycles. The van der Waals surface area contributed by atoms with Gasteiger partial charge in [-0.25, -0.2) is 0 Å². The third-order valence-corrected chi connectivity index (χ3v) is 6.38. The van der Waals surface area contributed by atoms with Crippen LogP contribution in [0.15, 0.2) is 12.2 Å². The van der Waals surface area contributed by atoms with Crippen LogP contribution >= 0.6 is 0 Å². The Kier molecular flexibility index (Phi) is 10.2. The molecule has 1 fully saturated rings. The first-order chi connectivity index (χ1) is 13.0. The quantitative estimate of drug-likeness (QED) is 0.281. The first kappa shape index (κ1) is 25.2. The van der Waals surface area contributed by atoms with Gasteiger partial charge in [0, 0.05) is 0 Å². The van der Waals surface area contributed by atoms with Crippen molar-refractivity contribution in [2.45, 2.75) is 111 Å². The van der Waals surface area contributed by atoms with Crippen LogP contribution in [-0.2, 0) is 4.79 Å². The van der Waals surface area contributed by atoms with E-state index in [-0.39, 0.29) is 29.3 Å². The predicted octanol–water partition coefficient (Wildman–Crippen LogP) is 5.57. The van der Waals surface area contributed by atoms with Gasteiger partial charge in [0.25, 0.3) is 0 Å². The summed E-state index contributed by atoms with van der Waals surface area (Å²) < 4.78 is 0. The molecule has 0 spiro atoms. The van der Waals surface area contributed by atoms with Gasteiger partial charge >= 0.3 is 5.97 Å². The van der Waals surface area contributed by atoms with Gasteiger partial charge in [0.2, 0.25) is 0 Å². The van der Waals surface area contributed by atoms with Crippen molar-refractivity contribution < 1.29 is 20.1 Å². The highest BCUT2D eigenvalue weighted by atomic mass is 16.4. The summed E-state index contributed by atoms with van der Waals surface area (Å²) in [6, 6.07) is 0. The molecule has 164 valence electrons. The van der Waals surface area contributed by atoms with Crippen LogP contribution in [0.1, 0.15) is 98.8 Å². The van der Waals surface area contributed by atoms with Crippen molar-refractivity contribution >= 4 is 5.97 Å². The van der Waals surface area contributed by atoms with Crippen LogP contribution in [0, 0.1) is 22.7 Å². The van der Waals surface area contributed by atoms with Crippen molar-refractivity contribution in [3.05, 3.63) is 12.2 Å². The maximum atomic E-state index is 10.9. The lowest BCUT2D eigenvalue weighted by molar-refractivity contribution is -0.139. The van der Waals surface area contributed by atoms with E-state index in [1.807, 2.05) is 19.9 Å². The highest BCUT2D eigenvalue weighted by Crippen LogP contribution is 2.38. The van der Waals surface area contributed by atoms with E-state index in [9.17, 15) is 15.0 Å². The number of aliphatic carboxylic acids is 1. The van der Waals surface area contributed by atoms with Gasteiger partial charge < -0.3 is 15.3 Å². The van der Waals surface area contributed by atoms with Gasteiger partial charge in [-0.1, -0.05) is 66.0 Å². The van der Waals surface area contributed by atoms with E-state index < -0.39 is 12.1 Å². The molecule has 4 atom stereocenters. The summed E-state index contributed by atoms with van der Waals surface area (Å²) in [6.07, 6.45) is 12.3. The van der Waals surface area contributed by atoms with Gasteiger partial charge in [-0.15, -0.1) is 0 Å². The Labute approximate surface area is 172 Å². The maximum absolute atomic E-state index is 10.9. The van der Waals surface area contributed by atoms with E-state index in [1.54, 1.807) is 0 Å².